The number of aliphatic hydroxyl groups excluding tert-OH is 2. The molecule has 0 radical (unpaired) electrons. The number of hydrogen-bond donors (Lipinski definition) is 5. The van der Waals surface area contributed by atoms with Gasteiger partial charge in [-0.25, -0.2) is 25.3 Å². The fourth-order valence-electron chi connectivity index (χ4n) is 7.23. The Morgan fingerprint density at radius 2 is 0.728 bits per heavy atom. The summed E-state index contributed by atoms with van der Waals surface area (Å²) in [6.07, 6.45) is 3.29. The second-order valence-corrected chi connectivity index (χ2v) is 33.0. The Balaban J connectivity index is -0.0000000902. The van der Waals surface area contributed by atoms with Crippen LogP contribution in [0.15, 0.2) is 12.3 Å². The Hall–Kier alpha value is -2.65. The monoisotopic (exact) mass is 1420 g/mol. The normalized spacial score (nSPS) is 12.8. The minimum absolute atomic E-state index is 0. The molecule has 0 aromatic heterocycles. The quantitative estimate of drug-likeness (QED) is 0.0167. The Kier molecular flexibility index (Phi) is 64.2. The molecular formula is C63H149N6O19S4+. The summed E-state index contributed by atoms with van der Waals surface area (Å²) in [4.78, 5) is 35.5. The molecule has 92 heavy (non-hydrogen) atoms. The number of carbonyl (C=O) groups excluding carboxylic acids is 3. The number of likely N-dealkylation sites (N-methyl/N-ethyl adjacent to an activating group) is 3. The van der Waals surface area contributed by atoms with Crippen molar-refractivity contribution in [3.05, 3.63) is 12.3 Å². The Bertz CT molecular complexity index is 2420. The highest BCUT2D eigenvalue weighted by atomic mass is 32.2. The number of amides is 1. The first-order valence-electron chi connectivity index (χ1n) is 28.8. The Labute approximate surface area is 568 Å². The van der Waals surface area contributed by atoms with Gasteiger partial charge in [0.2, 0.25) is 5.91 Å². The predicted molar refractivity (Wildman–Crippen MR) is 380 cm³/mol. The van der Waals surface area contributed by atoms with Crippen LogP contribution in [0.4, 0.5) is 0 Å². The molecule has 25 nitrogen and oxygen atoms in total. The van der Waals surface area contributed by atoms with Crippen molar-refractivity contribution in [1.82, 2.24) is 10.6 Å². The molecule has 568 valence electrons. The lowest BCUT2D eigenvalue weighted by atomic mass is 9.87. The van der Waals surface area contributed by atoms with Crippen molar-refractivity contribution < 1.29 is 104 Å². The maximum atomic E-state index is 11.9. The van der Waals surface area contributed by atoms with Crippen molar-refractivity contribution >= 4 is 58.3 Å². The number of aliphatic hydroxyl groups is 2. The standard InChI is InChI=1S/C15H32N2O4S.C14H30N2O4S.C13H27NO6S.C13H27NO5S.8CH4/c1-7-15(3,4)13(2)16-9-8-10-17(5,6)11-14(18)12-22(19,20)21;1-6-14(2,3)13(17)15-9-7-10-16(4,5)11-8-12-21(18,19)20;1-6-13(2,3)12(16)20-8-7-14(4,5)9-11(15)10-21(17,18)19;1-6-13(2,3)12(15)19-10-9-14(4,5)8-7-11-20(16,17)18;;;;;;;;/h14,16,18H,2,7-12H2,1,3-6H3;6-12H2,1-5H3,(H-,15,17,18,19,20);11,15H,6-10H2,1-5H3;6-11H2,1-5H3;8*1H4/p+1. The molecule has 5 N–H and O–H groups in total. The van der Waals surface area contributed by atoms with Crippen molar-refractivity contribution in [1.29, 1.82) is 0 Å². The molecule has 0 fully saturated rings. The van der Waals surface area contributed by atoms with Gasteiger partial charge < -0.3 is 61.9 Å². The highest BCUT2D eigenvalue weighted by Gasteiger charge is 2.31. The molecule has 0 aliphatic rings. The zero-order chi connectivity index (χ0) is 67.3. The molecule has 29 heteroatoms. The molecule has 0 aliphatic carbocycles. The third kappa shape index (κ3) is 66.0. The molecule has 0 bridgehead atoms. The van der Waals surface area contributed by atoms with Gasteiger partial charge in [-0.1, -0.05) is 121 Å². The number of nitrogens with one attached hydrogen (secondary N) is 2. The second-order valence-electron chi connectivity index (χ2n) is 27.1. The van der Waals surface area contributed by atoms with Gasteiger partial charge in [-0.05, 0) is 53.4 Å². The van der Waals surface area contributed by atoms with Crippen molar-refractivity contribution in [3.63, 3.8) is 0 Å². The summed E-state index contributed by atoms with van der Waals surface area (Å²) in [6, 6.07) is 0. The lowest BCUT2D eigenvalue weighted by molar-refractivity contribution is -0.893. The number of hydrogen-bond acceptors (Lipinski definition) is 19. The minimum Gasteiger partial charge on any atom is -0.748 e. The van der Waals surface area contributed by atoms with E-state index in [1.54, 1.807) is 27.9 Å². The van der Waals surface area contributed by atoms with Gasteiger partial charge in [-0.15, -0.1) is 0 Å². The minimum atomic E-state index is -4.45. The largest absolute Gasteiger partial charge is 0.748 e. The number of rotatable bonds is 39. The predicted octanol–water partition coefficient (Wildman–Crippen LogP) is 8.20. The number of allylic oxidation sites excluding steroid dienone is 1. The van der Waals surface area contributed by atoms with Gasteiger partial charge in [0.1, 0.15) is 57.4 Å². The van der Waals surface area contributed by atoms with Crippen LogP contribution in [0.25, 0.3) is 0 Å². The van der Waals surface area contributed by atoms with Gasteiger partial charge in [0.25, 0.3) is 10.1 Å². The van der Waals surface area contributed by atoms with E-state index in [0.717, 1.165) is 51.0 Å². The lowest BCUT2D eigenvalue weighted by Gasteiger charge is -2.32. The van der Waals surface area contributed by atoms with Crippen molar-refractivity contribution in [2.24, 2.45) is 21.7 Å². The Morgan fingerprint density at radius 1 is 0.446 bits per heavy atom. The summed E-state index contributed by atoms with van der Waals surface area (Å²) < 4.78 is 138. The topological polar surface area (TPSA) is 360 Å². The van der Waals surface area contributed by atoms with E-state index in [-0.39, 0.29) is 124 Å². The number of quaternary nitrogens is 4. The zero-order valence-electron chi connectivity index (χ0n) is 55.1. The van der Waals surface area contributed by atoms with Gasteiger partial charge >= 0.3 is 11.9 Å². The van der Waals surface area contributed by atoms with Gasteiger partial charge in [0.15, 0.2) is 0 Å². The number of carbonyl (C=O) groups is 3. The molecular weight excluding hydrogens is 1270 g/mol. The summed E-state index contributed by atoms with van der Waals surface area (Å²) in [5, 5.41) is 25.6. The highest BCUT2D eigenvalue weighted by molar-refractivity contribution is 7.86. The van der Waals surface area contributed by atoms with E-state index in [1.165, 1.54) is 0 Å². The lowest BCUT2D eigenvalue weighted by Crippen LogP contribution is -2.49. The van der Waals surface area contributed by atoms with Crippen LogP contribution in [0, 0.1) is 21.7 Å². The molecule has 0 rings (SSSR count). The average molecular weight is 1420 g/mol. The van der Waals surface area contributed by atoms with E-state index in [4.69, 9.17) is 14.0 Å². The average Bonchev–Trinajstić information content (AvgIpc) is 3.29. The molecule has 0 saturated carbocycles. The third-order valence-electron chi connectivity index (χ3n) is 15.0. The van der Waals surface area contributed by atoms with Crippen LogP contribution in [0.1, 0.15) is 194 Å². The first-order valence-corrected chi connectivity index (χ1v) is 35.2. The van der Waals surface area contributed by atoms with Gasteiger partial charge in [0.05, 0.1) is 129 Å². The first-order chi connectivity index (χ1) is 37.4. The van der Waals surface area contributed by atoms with Crippen LogP contribution in [0.3, 0.4) is 0 Å². The fourth-order valence-corrected chi connectivity index (χ4v) is 9.36. The molecule has 0 aromatic carbocycles. The molecule has 0 aromatic rings. The molecule has 0 spiro atoms. The molecule has 0 aliphatic heterocycles. The summed E-state index contributed by atoms with van der Waals surface area (Å²) in [5.74, 6) is -2.53. The van der Waals surface area contributed by atoms with E-state index in [0.29, 0.717) is 78.5 Å². The molecule has 0 saturated heterocycles. The molecule has 2 atom stereocenters. The van der Waals surface area contributed by atoms with Crippen molar-refractivity contribution in [2.45, 2.75) is 206 Å². The van der Waals surface area contributed by atoms with Crippen molar-refractivity contribution in [2.75, 3.05) is 158 Å². The summed E-state index contributed by atoms with van der Waals surface area (Å²) >= 11 is 0. The molecule has 1 amide bonds. The number of esters is 2. The van der Waals surface area contributed by atoms with Crippen LogP contribution in [-0.4, -0.2) is 268 Å². The summed E-state index contributed by atoms with van der Waals surface area (Å²) in [6.45, 7) is 33.5. The number of nitrogens with zero attached hydrogens (tertiary/aromatic N) is 4. The van der Waals surface area contributed by atoms with E-state index in [2.05, 4.69) is 38.0 Å². The fraction of sp³-hybridized carbons (Fsp3) is 0.921. The van der Waals surface area contributed by atoms with Gasteiger partial charge in [0, 0.05) is 66.8 Å². The van der Waals surface area contributed by atoms with E-state index in [9.17, 15) is 71.9 Å². The van der Waals surface area contributed by atoms with E-state index in [1.807, 2.05) is 90.8 Å². The molecule has 0 heterocycles. The second kappa shape index (κ2) is 50.7. The first kappa shape index (κ1) is 117. The van der Waals surface area contributed by atoms with Crippen LogP contribution >= 0.6 is 0 Å². The van der Waals surface area contributed by atoms with Gasteiger partial charge in [-0.3, -0.25) is 18.9 Å². The van der Waals surface area contributed by atoms with Crippen LogP contribution < -0.4 is 10.6 Å². The summed E-state index contributed by atoms with van der Waals surface area (Å²) in [7, 11) is -1.65. The van der Waals surface area contributed by atoms with E-state index >= 15 is 0 Å². The molecule has 2 unspecified atom stereocenters. The van der Waals surface area contributed by atoms with E-state index < -0.39 is 75.0 Å². The zero-order valence-corrected chi connectivity index (χ0v) is 58.4. The van der Waals surface area contributed by atoms with Crippen molar-refractivity contribution in [3.8, 4) is 0 Å². The maximum Gasteiger partial charge on any atom is 0.311 e. The Morgan fingerprint density at radius 3 is 1.04 bits per heavy atom. The van der Waals surface area contributed by atoms with Crippen LogP contribution in [0.5, 0.6) is 0 Å². The highest BCUT2D eigenvalue weighted by Crippen LogP contribution is 2.27. The SMILES string of the molecule is C.C.C.C.C.C.C.C.C=C(NCCC[N+](C)(C)CC(O)CS(=O)(=O)O)C(C)(C)CC.CCC(C)(C)C(=O)NCCC[N+](C)(C)CCCS(=O)(=O)[O-].CCC(C)(C)C(=O)OCC[N+](C)(C)CC(O)CS(=O)(=O)[O-].CCC(C)(C)C(=O)OCC[N+](C)(C)CCCS(=O)(=O)[O-]. The van der Waals surface area contributed by atoms with Crippen LogP contribution in [-0.2, 0) is 64.3 Å². The smallest absolute Gasteiger partial charge is 0.311 e. The van der Waals surface area contributed by atoms with Gasteiger partial charge in [-0.2, -0.15) is 8.42 Å². The maximum absolute atomic E-state index is 11.9. The summed E-state index contributed by atoms with van der Waals surface area (Å²) in [5.41, 5.74) is -0.268. The van der Waals surface area contributed by atoms with Crippen LogP contribution in [0.2, 0.25) is 0 Å². The number of ether oxygens (including phenoxy) is 2. The third-order valence-corrected chi connectivity index (χ3v) is 18.1.